The van der Waals surface area contributed by atoms with Crippen LogP contribution in [-0.4, -0.2) is 43.3 Å². The number of hydrogen-bond donors (Lipinski definition) is 2. The lowest BCUT2D eigenvalue weighted by atomic mass is 9.99. The summed E-state index contributed by atoms with van der Waals surface area (Å²) in [6.07, 6.45) is 7.13. The van der Waals surface area contributed by atoms with Gasteiger partial charge in [-0.05, 0) is 50.7 Å². The Morgan fingerprint density at radius 2 is 1.86 bits per heavy atom. The lowest BCUT2D eigenvalue weighted by molar-refractivity contribution is -0.927. The quantitative estimate of drug-likeness (QED) is 0.715. The average Bonchev–Trinajstić information content (AvgIpc) is 3.16. The van der Waals surface area contributed by atoms with Crippen molar-refractivity contribution in [1.29, 1.82) is 0 Å². The van der Waals surface area contributed by atoms with Gasteiger partial charge in [0.25, 0.3) is 5.56 Å². The van der Waals surface area contributed by atoms with Gasteiger partial charge in [0.2, 0.25) is 0 Å². The van der Waals surface area contributed by atoms with Crippen molar-refractivity contribution >= 4 is 41.4 Å². The summed E-state index contributed by atoms with van der Waals surface area (Å²) < 4.78 is 6.73. The highest BCUT2D eigenvalue weighted by Gasteiger charge is 2.31. The molecule has 1 fully saturated rings. The molecule has 1 saturated carbocycles. The Balaban J connectivity index is 0.00000140. The number of aromatic nitrogens is 1. The van der Waals surface area contributed by atoms with E-state index in [1.54, 1.807) is 7.11 Å². The molecule has 28 heavy (non-hydrogen) atoms. The predicted molar refractivity (Wildman–Crippen MR) is 120 cm³/mol. The van der Waals surface area contributed by atoms with Gasteiger partial charge < -0.3 is 19.5 Å². The van der Waals surface area contributed by atoms with Crippen LogP contribution in [0.4, 0.5) is 5.69 Å². The number of quaternary nitrogens is 1. The molecule has 1 aliphatic heterocycles. The lowest BCUT2D eigenvalue weighted by Gasteiger charge is -2.36. The third-order valence-electron chi connectivity index (χ3n) is 6.26. The van der Waals surface area contributed by atoms with Crippen LogP contribution in [0.1, 0.15) is 43.2 Å². The maximum Gasteiger partial charge on any atom is 0.253 e. The Hall–Kier alpha value is -1.43. The standard InChI is InChI=1S/C21H29N3O2.2ClH/c1-24(2,15-7-4-5-8-15)13-14-11-17-19(18(12-14)26-3)20-16(21(25)23-17)9-6-10-22-20;;/h11-12,15H,4-10,13H2,1-3H3,(H-,22,23,25);2*1H/p+1. The van der Waals surface area contributed by atoms with Crippen LogP contribution >= 0.6 is 24.8 Å². The Bertz CT molecular complexity index is 889. The van der Waals surface area contributed by atoms with Crippen molar-refractivity contribution in [3.05, 3.63) is 33.6 Å². The number of nitrogens with zero attached hydrogens (tertiary/aromatic N) is 1. The molecule has 2 N–H and O–H groups in total. The molecule has 0 radical (unpaired) electrons. The molecule has 4 rings (SSSR count). The molecular weight excluding hydrogens is 397 g/mol. The minimum atomic E-state index is 0. The first-order valence-electron chi connectivity index (χ1n) is 9.82. The van der Waals surface area contributed by atoms with Gasteiger partial charge in [0.1, 0.15) is 12.3 Å². The SMILES string of the molecule is COc1cc(C[N+](C)(C)C2CCCC2)cc2[nH]c(=O)c3c(c12)NCCC3.Cl.Cl. The summed E-state index contributed by atoms with van der Waals surface area (Å²) in [7, 11) is 6.36. The summed E-state index contributed by atoms with van der Waals surface area (Å²) in [5.41, 5.74) is 3.95. The minimum absolute atomic E-state index is 0. The molecule has 1 aromatic heterocycles. The zero-order chi connectivity index (χ0) is 18.3. The first-order chi connectivity index (χ1) is 12.5. The van der Waals surface area contributed by atoms with Gasteiger partial charge in [-0.1, -0.05) is 0 Å². The van der Waals surface area contributed by atoms with Gasteiger partial charge in [0, 0.05) is 17.7 Å². The van der Waals surface area contributed by atoms with E-state index in [-0.39, 0.29) is 30.4 Å². The number of benzene rings is 1. The van der Waals surface area contributed by atoms with Gasteiger partial charge in [-0.25, -0.2) is 0 Å². The average molecular weight is 429 g/mol. The number of fused-ring (bicyclic) bond motifs is 3. The molecule has 1 aromatic carbocycles. The highest BCUT2D eigenvalue weighted by molar-refractivity contribution is 5.98. The summed E-state index contributed by atoms with van der Waals surface area (Å²) in [4.78, 5) is 15.6. The number of aromatic amines is 1. The van der Waals surface area contributed by atoms with Crippen molar-refractivity contribution in [3.63, 3.8) is 0 Å². The molecular formula is C21H32Cl2N3O2+. The van der Waals surface area contributed by atoms with Gasteiger partial charge in [0.05, 0.1) is 43.8 Å². The number of rotatable bonds is 4. The van der Waals surface area contributed by atoms with Gasteiger partial charge in [0.15, 0.2) is 0 Å². The summed E-state index contributed by atoms with van der Waals surface area (Å²) in [6.45, 7) is 1.85. The second kappa shape index (κ2) is 8.93. The first kappa shape index (κ1) is 22.9. The Morgan fingerprint density at radius 1 is 1.14 bits per heavy atom. The smallest absolute Gasteiger partial charge is 0.253 e. The van der Waals surface area contributed by atoms with Crippen molar-refractivity contribution in [2.75, 3.05) is 33.1 Å². The molecule has 2 aromatic rings. The molecule has 156 valence electrons. The predicted octanol–water partition coefficient (Wildman–Crippen LogP) is 4.26. The summed E-state index contributed by atoms with van der Waals surface area (Å²) in [5, 5.41) is 4.44. The van der Waals surface area contributed by atoms with E-state index >= 15 is 0 Å². The number of methoxy groups -OCH3 is 1. The van der Waals surface area contributed by atoms with E-state index in [4.69, 9.17) is 4.74 Å². The molecule has 7 heteroatoms. The molecule has 0 saturated heterocycles. The van der Waals surface area contributed by atoms with Gasteiger partial charge in [-0.2, -0.15) is 0 Å². The largest absolute Gasteiger partial charge is 0.496 e. The molecule has 0 atom stereocenters. The number of anilines is 1. The normalized spacial score (nSPS) is 16.7. The third kappa shape index (κ3) is 4.12. The van der Waals surface area contributed by atoms with Crippen LogP contribution in [0.3, 0.4) is 0 Å². The van der Waals surface area contributed by atoms with E-state index in [0.717, 1.165) is 64.4 Å². The highest BCUT2D eigenvalue weighted by atomic mass is 35.5. The topological polar surface area (TPSA) is 54.1 Å². The molecule has 5 nitrogen and oxygen atoms in total. The van der Waals surface area contributed by atoms with Gasteiger partial charge >= 0.3 is 0 Å². The molecule has 1 aliphatic carbocycles. The van der Waals surface area contributed by atoms with Crippen molar-refractivity contribution in [2.24, 2.45) is 0 Å². The number of hydrogen-bond acceptors (Lipinski definition) is 3. The maximum absolute atomic E-state index is 12.5. The maximum atomic E-state index is 12.5. The number of H-pyrrole nitrogens is 1. The highest BCUT2D eigenvalue weighted by Crippen LogP contribution is 2.37. The van der Waals surface area contributed by atoms with Crippen LogP contribution in [-0.2, 0) is 13.0 Å². The molecule has 0 amide bonds. The van der Waals surface area contributed by atoms with Crippen LogP contribution in [0.15, 0.2) is 16.9 Å². The fourth-order valence-electron chi connectivity index (χ4n) is 4.86. The van der Waals surface area contributed by atoms with Crippen molar-refractivity contribution in [3.8, 4) is 5.75 Å². The molecule has 2 aliphatic rings. The summed E-state index contributed by atoms with van der Waals surface area (Å²) in [6, 6.07) is 5.03. The Kier molecular flexibility index (Phi) is 7.29. The van der Waals surface area contributed by atoms with Crippen LogP contribution < -0.4 is 15.6 Å². The lowest BCUT2D eigenvalue weighted by Crippen LogP contribution is -2.46. The van der Waals surface area contributed by atoms with E-state index in [1.165, 1.54) is 31.2 Å². The number of halogens is 2. The van der Waals surface area contributed by atoms with Gasteiger partial charge in [-0.15, -0.1) is 24.8 Å². The first-order valence-corrected chi connectivity index (χ1v) is 9.82. The minimum Gasteiger partial charge on any atom is -0.496 e. The van der Waals surface area contributed by atoms with Crippen molar-refractivity contribution in [1.82, 2.24) is 4.98 Å². The number of ether oxygens (including phenoxy) is 1. The fourth-order valence-corrected chi connectivity index (χ4v) is 4.86. The van der Waals surface area contributed by atoms with Crippen LogP contribution in [0, 0.1) is 0 Å². The van der Waals surface area contributed by atoms with E-state index in [1.807, 2.05) is 0 Å². The van der Waals surface area contributed by atoms with Crippen LogP contribution in [0.5, 0.6) is 5.75 Å². The Morgan fingerprint density at radius 3 is 2.54 bits per heavy atom. The van der Waals surface area contributed by atoms with E-state index < -0.39 is 0 Å². The van der Waals surface area contributed by atoms with Crippen molar-refractivity contribution < 1.29 is 9.22 Å². The molecule has 2 heterocycles. The van der Waals surface area contributed by atoms with Crippen LogP contribution in [0.2, 0.25) is 0 Å². The monoisotopic (exact) mass is 428 g/mol. The zero-order valence-corrected chi connectivity index (χ0v) is 18.6. The number of pyridine rings is 1. The zero-order valence-electron chi connectivity index (χ0n) is 17.0. The summed E-state index contributed by atoms with van der Waals surface area (Å²) >= 11 is 0. The molecule has 0 bridgehead atoms. The van der Waals surface area contributed by atoms with E-state index in [9.17, 15) is 4.79 Å². The molecule has 0 unspecified atom stereocenters. The van der Waals surface area contributed by atoms with Crippen molar-refractivity contribution in [2.45, 2.75) is 51.1 Å². The second-order valence-corrected chi connectivity index (χ2v) is 8.43. The number of nitrogens with one attached hydrogen (secondary N) is 2. The third-order valence-corrected chi connectivity index (χ3v) is 6.26. The summed E-state index contributed by atoms with van der Waals surface area (Å²) in [5.74, 6) is 0.853. The van der Waals surface area contributed by atoms with Crippen LogP contribution in [0.25, 0.3) is 10.9 Å². The van der Waals surface area contributed by atoms with E-state index in [0.29, 0.717) is 0 Å². The van der Waals surface area contributed by atoms with Gasteiger partial charge in [-0.3, -0.25) is 4.79 Å². The Labute approximate surface area is 179 Å². The second-order valence-electron chi connectivity index (χ2n) is 8.43. The fraction of sp³-hybridized carbons (Fsp3) is 0.571. The van der Waals surface area contributed by atoms with E-state index in [2.05, 4.69) is 36.5 Å². The molecule has 0 spiro atoms.